The summed E-state index contributed by atoms with van der Waals surface area (Å²) in [5.41, 5.74) is 4.74. The molecule has 0 atom stereocenters. The Morgan fingerprint density at radius 3 is 2.62 bits per heavy atom. The first-order chi connectivity index (χ1) is 15.5. The Kier molecular flexibility index (Phi) is 6.56. The predicted molar refractivity (Wildman–Crippen MR) is 132 cm³/mol. The van der Waals surface area contributed by atoms with Crippen molar-refractivity contribution in [3.63, 3.8) is 0 Å². The summed E-state index contributed by atoms with van der Waals surface area (Å²) in [5, 5.41) is 4.93. The number of carbonyl (C=O) groups excluding carboxylic acids is 1. The van der Waals surface area contributed by atoms with Crippen LogP contribution < -0.4 is 14.7 Å². The summed E-state index contributed by atoms with van der Waals surface area (Å²) in [6, 6.07) is 15.4. The van der Waals surface area contributed by atoms with Gasteiger partial charge in [-0.3, -0.25) is 4.79 Å². The molecule has 0 fully saturated rings. The first kappa shape index (κ1) is 22.0. The lowest BCUT2D eigenvalue weighted by Crippen LogP contribution is -2.26. The molecule has 1 aliphatic rings. The van der Waals surface area contributed by atoms with E-state index in [0.29, 0.717) is 12.3 Å². The highest BCUT2D eigenvalue weighted by Gasteiger charge is 2.27. The third-order valence-corrected chi connectivity index (χ3v) is 5.89. The van der Waals surface area contributed by atoms with E-state index in [4.69, 9.17) is 4.52 Å². The van der Waals surface area contributed by atoms with Crippen LogP contribution in [0.2, 0.25) is 0 Å². The molecular weight excluding hydrogens is 423 g/mol. The maximum absolute atomic E-state index is 13.1. The summed E-state index contributed by atoms with van der Waals surface area (Å²) >= 11 is 0. The number of nitrogens with zero attached hydrogens (tertiary/aromatic N) is 1. The maximum Gasteiger partial charge on any atom is 0.391 e. The second kappa shape index (κ2) is 9.53. The SMILES string of the molecule is C/C=C/c1ccc(/C=C/C(=O)N2CCc3c2cc(OP(O)O)c2ccccc32)c(NC)c1. The molecule has 4 rings (SSSR count). The van der Waals surface area contributed by atoms with Gasteiger partial charge in [-0.1, -0.05) is 48.6 Å². The third kappa shape index (κ3) is 4.39. The second-order valence-electron chi connectivity index (χ2n) is 7.43. The largest absolute Gasteiger partial charge is 0.426 e. The van der Waals surface area contributed by atoms with E-state index < -0.39 is 8.60 Å². The maximum atomic E-state index is 13.1. The molecule has 7 heteroatoms. The topological polar surface area (TPSA) is 82.0 Å². The summed E-state index contributed by atoms with van der Waals surface area (Å²) in [7, 11) is -0.708. The lowest BCUT2D eigenvalue weighted by Gasteiger charge is -2.18. The molecule has 3 aromatic rings. The van der Waals surface area contributed by atoms with Gasteiger partial charge in [-0.05, 0) is 47.6 Å². The van der Waals surface area contributed by atoms with Crippen molar-refractivity contribution in [3.05, 3.63) is 77.4 Å². The second-order valence-corrected chi connectivity index (χ2v) is 8.12. The van der Waals surface area contributed by atoms with Gasteiger partial charge in [-0.2, -0.15) is 0 Å². The van der Waals surface area contributed by atoms with Crippen LogP contribution in [0.3, 0.4) is 0 Å². The summed E-state index contributed by atoms with van der Waals surface area (Å²) in [6.07, 6.45) is 8.11. The van der Waals surface area contributed by atoms with Crippen molar-refractivity contribution >= 4 is 48.8 Å². The first-order valence-corrected chi connectivity index (χ1v) is 11.5. The molecule has 0 aliphatic carbocycles. The zero-order valence-corrected chi connectivity index (χ0v) is 18.8. The monoisotopic (exact) mass is 448 g/mol. The van der Waals surface area contributed by atoms with Crippen LogP contribution in [-0.4, -0.2) is 29.3 Å². The number of fused-ring (bicyclic) bond motifs is 3. The molecule has 164 valence electrons. The summed E-state index contributed by atoms with van der Waals surface area (Å²) in [6.45, 7) is 2.53. The number of anilines is 2. The van der Waals surface area contributed by atoms with E-state index in [-0.39, 0.29) is 5.91 Å². The number of hydrogen-bond acceptors (Lipinski definition) is 5. The normalized spacial score (nSPS) is 13.5. The minimum Gasteiger partial charge on any atom is -0.426 e. The molecule has 0 spiro atoms. The van der Waals surface area contributed by atoms with Crippen LogP contribution in [0.25, 0.3) is 22.9 Å². The third-order valence-electron chi connectivity index (χ3n) is 5.53. The van der Waals surface area contributed by atoms with E-state index in [1.54, 1.807) is 17.0 Å². The minimum absolute atomic E-state index is 0.139. The molecule has 0 bridgehead atoms. The average molecular weight is 448 g/mol. The molecule has 1 aliphatic heterocycles. The van der Waals surface area contributed by atoms with Gasteiger partial charge in [0, 0.05) is 36.8 Å². The number of benzene rings is 3. The van der Waals surface area contributed by atoms with Crippen LogP contribution in [0, 0.1) is 0 Å². The molecular formula is C25H25N2O4P. The number of rotatable bonds is 6. The Balaban J connectivity index is 1.66. The fraction of sp³-hybridized carbons (Fsp3) is 0.160. The van der Waals surface area contributed by atoms with Crippen LogP contribution in [0.5, 0.6) is 5.75 Å². The number of hydrogen-bond donors (Lipinski definition) is 3. The molecule has 1 heterocycles. The highest BCUT2D eigenvalue weighted by molar-refractivity contribution is 7.39. The van der Waals surface area contributed by atoms with Gasteiger partial charge in [0.25, 0.3) is 5.91 Å². The number of amides is 1. The fourth-order valence-corrected chi connectivity index (χ4v) is 4.44. The van der Waals surface area contributed by atoms with Crippen molar-refractivity contribution < 1.29 is 19.1 Å². The van der Waals surface area contributed by atoms with Gasteiger partial charge in [0.1, 0.15) is 5.75 Å². The summed E-state index contributed by atoms with van der Waals surface area (Å²) in [5.74, 6) is 0.219. The predicted octanol–water partition coefficient (Wildman–Crippen LogP) is 5.11. The van der Waals surface area contributed by atoms with Gasteiger partial charge in [-0.15, -0.1) is 0 Å². The molecule has 0 saturated heterocycles. The van der Waals surface area contributed by atoms with E-state index in [9.17, 15) is 14.6 Å². The zero-order valence-electron chi connectivity index (χ0n) is 17.9. The highest BCUT2D eigenvalue weighted by Crippen LogP contribution is 2.43. The quantitative estimate of drug-likeness (QED) is 0.361. The van der Waals surface area contributed by atoms with Crippen molar-refractivity contribution in [2.45, 2.75) is 13.3 Å². The van der Waals surface area contributed by atoms with Crippen LogP contribution >= 0.6 is 8.60 Å². The van der Waals surface area contributed by atoms with Gasteiger partial charge in [-0.25, -0.2) is 0 Å². The smallest absolute Gasteiger partial charge is 0.391 e. The van der Waals surface area contributed by atoms with Crippen molar-refractivity contribution in [1.29, 1.82) is 0 Å². The lowest BCUT2D eigenvalue weighted by molar-refractivity contribution is -0.114. The molecule has 0 saturated carbocycles. The van der Waals surface area contributed by atoms with Gasteiger partial charge < -0.3 is 24.5 Å². The molecule has 1 amide bonds. The van der Waals surface area contributed by atoms with Crippen molar-refractivity contribution in [3.8, 4) is 5.75 Å². The fourth-order valence-electron chi connectivity index (χ4n) is 4.11. The molecule has 0 radical (unpaired) electrons. The van der Waals surface area contributed by atoms with Gasteiger partial charge in [0.2, 0.25) is 0 Å². The lowest BCUT2D eigenvalue weighted by atomic mass is 10.0. The Hall–Kier alpha value is -3.18. The Morgan fingerprint density at radius 2 is 1.91 bits per heavy atom. The van der Waals surface area contributed by atoms with E-state index in [2.05, 4.69) is 5.32 Å². The Labute approximate surface area is 188 Å². The van der Waals surface area contributed by atoms with Crippen molar-refractivity contribution in [2.75, 3.05) is 23.8 Å². The molecule has 32 heavy (non-hydrogen) atoms. The standard InChI is InChI=1S/C25H25N2O4P/c1-3-6-17-9-10-18(22(15-17)26-2)11-12-25(28)27-14-13-20-19-7-4-5-8-21(19)24(16-23(20)27)31-32(29)30/h3-12,15-16,26,29-30H,13-14H2,1-2H3/b6-3+,12-11+. The van der Waals surface area contributed by atoms with Gasteiger partial charge in [0.15, 0.2) is 0 Å². The Morgan fingerprint density at radius 1 is 1.12 bits per heavy atom. The molecule has 0 unspecified atom stereocenters. The summed E-state index contributed by atoms with van der Waals surface area (Å²) < 4.78 is 5.28. The summed E-state index contributed by atoms with van der Waals surface area (Å²) in [4.78, 5) is 33.6. The number of allylic oxidation sites excluding steroid dienone is 1. The van der Waals surface area contributed by atoms with Crippen LogP contribution in [0.1, 0.15) is 23.6 Å². The van der Waals surface area contributed by atoms with Crippen LogP contribution in [0.15, 0.2) is 60.7 Å². The Bertz CT molecular complexity index is 1220. The molecule has 3 aromatic carbocycles. The van der Waals surface area contributed by atoms with E-state index in [1.807, 2.05) is 74.7 Å². The van der Waals surface area contributed by atoms with Gasteiger partial charge >= 0.3 is 8.60 Å². The van der Waals surface area contributed by atoms with E-state index >= 15 is 0 Å². The van der Waals surface area contributed by atoms with Crippen molar-refractivity contribution in [2.24, 2.45) is 0 Å². The first-order valence-electron chi connectivity index (χ1n) is 10.4. The van der Waals surface area contributed by atoms with E-state index in [1.165, 1.54) is 0 Å². The molecule has 0 aromatic heterocycles. The zero-order chi connectivity index (χ0) is 22.7. The molecule has 6 nitrogen and oxygen atoms in total. The number of nitrogens with one attached hydrogen (secondary N) is 1. The number of carbonyl (C=O) groups is 1. The highest BCUT2D eigenvalue weighted by atomic mass is 31.2. The molecule has 3 N–H and O–H groups in total. The van der Waals surface area contributed by atoms with Crippen LogP contribution in [-0.2, 0) is 11.2 Å². The minimum atomic E-state index is -2.56. The average Bonchev–Trinajstić information content (AvgIpc) is 3.22. The van der Waals surface area contributed by atoms with Crippen molar-refractivity contribution in [1.82, 2.24) is 0 Å². The van der Waals surface area contributed by atoms with Crippen LogP contribution in [0.4, 0.5) is 11.4 Å². The van der Waals surface area contributed by atoms with E-state index in [0.717, 1.165) is 45.3 Å². The van der Waals surface area contributed by atoms with Gasteiger partial charge in [0.05, 0.1) is 5.69 Å².